The number of nitrogens with zero attached hydrogens (tertiary/aromatic N) is 5. The summed E-state index contributed by atoms with van der Waals surface area (Å²) in [5.74, 6) is 0.758. The van der Waals surface area contributed by atoms with Crippen LogP contribution in [0.15, 0.2) is 29.0 Å². The number of fused-ring (bicyclic) bond motifs is 3. The lowest BCUT2D eigenvalue weighted by Gasteiger charge is -2.08. The monoisotopic (exact) mass is 373 g/mol. The predicted molar refractivity (Wildman–Crippen MR) is 95.0 cm³/mol. The quantitative estimate of drug-likeness (QED) is 0.403. The number of rotatable bonds is 4. The van der Waals surface area contributed by atoms with E-state index in [1.54, 1.807) is 38.6 Å². The van der Waals surface area contributed by atoms with Crippen molar-refractivity contribution in [2.75, 3.05) is 13.7 Å². The average molecular weight is 374 g/mol. The van der Waals surface area contributed by atoms with Gasteiger partial charge < -0.3 is 14.5 Å². The Morgan fingerprint density at radius 2 is 2.23 bits per heavy atom. The van der Waals surface area contributed by atoms with E-state index in [0.717, 1.165) is 4.73 Å². The second-order valence-corrected chi connectivity index (χ2v) is 6.57. The first-order valence-electron chi connectivity index (χ1n) is 8.02. The standard InChI is InChI=1S/C17H16ClN5O3/c1-9(7-25-3)17-20-16(21-26-17)14-15-10(2)23(24)13-6-11(18)4-5-12(13)22(15)8-19-14/h4-6,8-9H,7H2,1-3H3. The molecule has 0 bridgehead atoms. The third-order valence-electron chi connectivity index (χ3n) is 4.32. The first kappa shape index (κ1) is 16.7. The van der Waals surface area contributed by atoms with Gasteiger partial charge in [-0.2, -0.15) is 9.71 Å². The Balaban J connectivity index is 1.93. The highest BCUT2D eigenvalue weighted by Gasteiger charge is 2.24. The fraction of sp³-hybridized carbons (Fsp3) is 0.294. The van der Waals surface area contributed by atoms with E-state index in [2.05, 4.69) is 15.1 Å². The van der Waals surface area contributed by atoms with Gasteiger partial charge in [-0.25, -0.2) is 4.98 Å². The molecule has 4 aromatic rings. The van der Waals surface area contributed by atoms with Crippen LogP contribution in [-0.2, 0) is 4.74 Å². The van der Waals surface area contributed by atoms with Gasteiger partial charge >= 0.3 is 0 Å². The van der Waals surface area contributed by atoms with Gasteiger partial charge in [-0.15, -0.1) is 0 Å². The zero-order valence-electron chi connectivity index (χ0n) is 14.4. The zero-order chi connectivity index (χ0) is 18.4. The summed E-state index contributed by atoms with van der Waals surface area (Å²) < 4.78 is 13.1. The van der Waals surface area contributed by atoms with Crippen LogP contribution in [0.3, 0.4) is 0 Å². The van der Waals surface area contributed by atoms with Crippen LogP contribution >= 0.6 is 11.6 Å². The molecule has 0 amide bonds. The summed E-state index contributed by atoms with van der Waals surface area (Å²) in [6.07, 6.45) is 1.64. The van der Waals surface area contributed by atoms with E-state index in [-0.39, 0.29) is 5.92 Å². The van der Waals surface area contributed by atoms with Crippen molar-refractivity contribution in [2.45, 2.75) is 19.8 Å². The highest BCUT2D eigenvalue weighted by atomic mass is 35.5. The Hall–Kier alpha value is -2.71. The Bertz CT molecular complexity index is 1120. The molecule has 0 saturated carbocycles. The molecule has 9 heteroatoms. The van der Waals surface area contributed by atoms with Gasteiger partial charge in [0.1, 0.15) is 23.1 Å². The number of benzene rings is 1. The van der Waals surface area contributed by atoms with E-state index in [0.29, 0.717) is 51.3 Å². The third-order valence-corrected chi connectivity index (χ3v) is 4.56. The molecule has 4 rings (SSSR count). The van der Waals surface area contributed by atoms with Gasteiger partial charge in [-0.1, -0.05) is 23.7 Å². The lowest BCUT2D eigenvalue weighted by Crippen LogP contribution is -2.32. The summed E-state index contributed by atoms with van der Waals surface area (Å²) in [7, 11) is 1.62. The minimum absolute atomic E-state index is 0.0383. The van der Waals surface area contributed by atoms with Gasteiger partial charge in [0, 0.05) is 25.1 Å². The average Bonchev–Trinajstić information content (AvgIpc) is 3.26. The largest absolute Gasteiger partial charge is 0.618 e. The number of hydrogen-bond acceptors (Lipinski definition) is 6. The summed E-state index contributed by atoms with van der Waals surface area (Å²) in [6.45, 7) is 4.12. The van der Waals surface area contributed by atoms with Crippen LogP contribution in [0.2, 0.25) is 5.02 Å². The van der Waals surface area contributed by atoms with Crippen molar-refractivity contribution in [1.82, 2.24) is 19.5 Å². The van der Waals surface area contributed by atoms with E-state index in [1.807, 2.05) is 11.3 Å². The molecule has 0 aliphatic heterocycles. The fourth-order valence-corrected chi connectivity index (χ4v) is 3.20. The second-order valence-electron chi connectivity index (χ2n) is 6.14. The third kappa shape index (κ3) is 2.49. The SMILES string of the molecule is COCC(C)c1nc(-c2ncn3c2c(C)[n+]([O-])c2cc(Cl)ccc23)no1. The van der Waals surface area contributed by atoms with Gasteiger partial charge in [0.15, 0.2) is 0 Å². The summed E-state index contributed by atoms with van der Waals surface area (Å²) >= 11 is 6.03. The molecule has 0 aliphatic carbocycles. The molecule has 0 saturated heterocycles. The molecule has 134 valence electrons. The molecule has 3 heterocycles. The number of aryl methyl sites for hydroxylation is 1. The summed E-state index contributed by atoms with van der Waals surface area (Å²) in [6, 6.07) is 5.15. The molecular weight excluding hydrogens is 358 g/mol. The first-order chi connectivity index (χ1) is 12.5. The number of halogens is 1. The summed E-state index contributed by atoms with van der Waals surface area (Å²) in [5.41, 5.74) is 2.75. The molecule has 1 unspecified atom stereocenters. The minimum Gasteiger partial charge on any atom is -0.618 e. The van der Waals surface area contributed by atoms with E-state index in [1.165, 1.54) is 0 Å². The van der Waals surface area contributed by atoms with Crippen molar-refractivity contribution in [3.8, 4) is 11.5 Å². The lowest BCUT2D eigenvalue weighted by atomic mass is 10.2. The van der Waals surface area contributed by atoms with E-state index in [9.17, 15) is 5.21 Å². The van der Waals surface area contributed by atoms with Gasteiger partial charge in [0.05, 0.1) is 12.5 Å². The molecule has 0 aliphatic rings. The van der Waals surface area contributed by atoms with Crippen molar-refractivity contribution in [2.24, 2.45) is 0 Å². The van der Waals surface area contributed by atoms with Gasteiger partial charge in [-0.05, 0) is 12.1 Å². The van der Waals surface area contributed by atoms with E-state index in [4.69, 9.17) is 20.9 Å². The topological polar surface area (TPSA) is 92.4 Å². The summed E-state index contributed by atoms with van der Waals surface area (Å²) in [4.78, 5) is 8.84. The first-order valence-corrected chi connectivity index (χ1v) is 8.40. The lowest BCUT2D eigenvalue weighted by molar-refractivity contribution is -0.583. The fourth-order valence-electron chi connectivity index (χ4n) is 3.03. The van der Waals surface area contributed by atoms with Crippen molar-refractivity contribution < 1.29 is 14.0 Å². The maximum Gasteiger partial charge on any atom is 0.242 e. The Labute approximate surface area is 153 Å². The van der Waals surface area contributed by atoms with Gasteiger partial charge in [0.2, 0.25) is 22.9 Å². The van der Waals surface area contributed by atoms with Crippen LogP contribution in [0.4, 0.5) is 0 Å². The Morgan fingerprint density at radius 1 is 1.42 bits per heavy atom. The van der Waals surface area contributed by atoms with E-state index >= 15 is 0 Å². The molecule has 26 heavy (non-hydrogen) atoms. The molecule has 3 aromatic heterocycles. The number of ether oxygens (including phenoxy) is 1. The van der Waals surface area contributed by atoms with Crippen LogP contribution in [-0.4, -0.2) is 33.2 Å². The molecule has 8 nitrogen and oxygen atoms in total. The second kappa shape index (κ2) is 6.22. The minimum atomic E-state index is -0.0383. The molecule has 0 radical (unpaired) electrons. The number of hydrogen-bond donors (Lipinski definition) is 0. The van der Waals surface area contributed by atoms with Crippen LogP contribution < -0.4 is 4.73 Å². The van der Waals surface area contributed by atoms with Crippen LogP contribution in [0.25, 0.3) is 28.1 Å². The molecular formula is C17H16ClN5O3. The number of aromatic nitrogens is 5. The van der Waals surface area contributed by atoms with E-state index < -0.39 is 0 Å². The maximum atomic E-state index is 12.7. The Morgan fingerprint density at radius 3 is 3.00 bits per heavy atom. The van der Waals surface area contributed by atoms with Crippen LogP contribution in [0.5, 0.6) is 0 Å². The van der Waals surface area contributed by atoms with Crippen LogP contribution in [0.1, 0.15) is 24.4 Å². The van der Waals surface area contributed by atoms with Gasteiger partial charge in [0.25, 0.3) is 0 Å². The molecule has 1 aromatic carbocycles. The molecule has 0 fully saturated rings. The normalized spacial score (nSPS) is 12.9. The van der Waals surface area contributed by atoms with Crippen molar-refractivity contribution in [3.05, 3.63) is 46.3 Å². The zero-order valence-corrected chi connectivity index (χ0v) is 15.2. The summed E-state index contributed by atoms with van der Waals surface area (Å²) in [5, 5.41) is 17.2. The predicted octanol–water partition coefficient (Wildman–Crippen LogP) is 2.88. The molecule has 0 N–H and O–H groups in total. The number of methoxy groups -OCH3 is 1. The maximum absolute atomic E-state index is 12.7. The molecule has 1 atom stereocenters. The smallest absolute Gasteiger partial charge is 0.242 e. The van der Waals surface area contributed by atoms with Crippen molar-refractivity contribution in [3.63, 3.8) is 0 Å². The van der Waals surface area contributed by atoms with Crippen molar-refractivity contribution in [1.29, 1.82) is 0 Å². The number of imidazole rings is 1. The van der Waals surface area contributed by atoms with Gasteiger partial charge in [-0.3, -0.25) is 4.40 Å². The Kier molecular flexibility index (Phi) is 4.01. The van der Waals surface area contributed by atoms with Crippen LogP contribution in [0, 0.1) is 12.1 Å². The highest BCUT2D eigenvalue weighted by Crippen LogP contribution is 2.27. The highest BCUT2D eigenvalue weighted by molar-refractivity contribution is 6.31. The molecule has 0 spiro atoms. The van der Waals surface area contributed by atoms with Crippen molar-refractivity contribution >= 4 is 28.2 Å².